The molecule has 0 aromatic heterocycles. The van der Waals surface area contributed by atoms with Crippen molar-refractivity contribution in [1.29, 1.82) is 0 Å². The number of aryl methyl sites for hydroxylation is 2. The molecule has 1 aromatic rings. The third-order valence-electron chi connectivity index (χ3n) is 3.40. The topological polar surface area (TPSA) is 37.3 Å². The molecule has 0 heterocycles. The maximum atomic E-state index is 11.4. The van der Waals surface area contributed by atoms with Gasteiger partial charge in [-0.05, 0) is 44.7 Å². The van der Waals surface area contributed by atoms with Gasteiger partial charge in [0.1, 0.15) is 0 Å². The monoisotopic (exact) mass is 234 g/mol. The second kappa shape index (κ2) is 5.35. The van der Waals surface area contributed by atoms with Crippen LogP contribution in [-0.2, 0) is 11.2 Å². The van der Waals surface area contributed by atoms with E-state index in [4.69, 9.17) is 0 Å². The Labute approximate surface area is 104 Å². The molecule has 0 fully saturated rings. The fourth-order valence-electron chi connectivity index (χ4n) is 2.23. The molecule has 1 aromatic carbocycles. The second-order valence-electron chi connectivity index (χ2n) is 5.22. The molecule has 1 atom stereocenters. The third-order valence-corrected chi connectivity index (χ3v) is 3.40. The zero-order valence-electron chi connectivity index (χ0n) is 11.2. The minimum Gasteiger partial charge on any atom is -0.481 e. The Balaban J connectivity index is 3.01. The van der Waals surface area contributed by atoms with Gasteiger partial charge in [0.05, 0.1) is 5.41 Å². The lowest BCUT2D eigenvalue weighted by molar-refractivity contribution is -0.148. The number of carboxylic acids is 1. The Hall–Kier alpha value is -1.31. The minimum atomic E-state index is -0.694. The molecule has 0 spiro atoms. The summed E-state index contributed by atoms with van der Waals surface area (Å²) in [7, 11) is 0. The fraction of sp³-hybridized carbons (Fsp3) is 0.533. The van der Waals surface area contributed by atoms with Gasteiger partial charge in [-0.15, -0.1) is 0 Å². The van der Waals surface area contributed by atoms with Gasteiger partial charge in [-0.1, -0.05) is 37.1 Å². The summed E-state index contributed by atoms with van der Waals surface area (Å²) >= 11 is 0. The van der Waals surface area contributed by atoms with Crippen molar-refractivity contribution in [3.63, 3.8) is 0 Å². The standard InChI is InChI=1S/C15H22O2/c1-5-8-15(4,14(16)17)10-13-9-11(2)6-7-12(13)3/h6-7,9H,5,8,10H2,1-4H3,(H,16,17). The van der Waals surface area contributed by atoms with Gasteiger partial charge >= 0.3 is 5.97 Å². The summed E-state index contributed by atoms with van der Waals surface area (Å²) in [5.41, 5.74) is 2.88. The van der Waals surface area contributed by atoms with Crippen LogP contribution in [0.25, 0.3) is 0 Å². The SMILES string of the molecule is CCCC(C)(Cc1cc(C)ccc1C)C(=O)O. The normalized spacial score (nSPS) is 14.4. The highest BCUT2D eigenvalue weighted by atomic mass is 16.4. The average molecular weight is 234 g/mol. The summed E-state index contributed by atoms with van der Waals surface area (Å²) in [5, 5.41) is 9.39. The average Bonchev–Trinajstić information content (AvgIpc) is 2.23. The maximum absolute atomic E-state index is 11.4. The predicted molar refractivity (Wildman–Crippen MR) is 70.3 cm³/mol. The summed E-state index contributed by atoms with van der Waals surface area (Å²) < 4.78 is 0. The van der Waals surface area contributed by atoms with Crippen LogP contribution in [0.2, 0.25) is 0 Å². The number of carbonyl (C=O) groups is 1. The number of hydrogen-bond donors (Lipinski definition) is 1. The second-order valence-corrected chi connectivity index (χ2v) is 5.22. The highest BCUT2D eigenvalue weighted by molar-refractivity contribution is 5.74. The van der Waals surface area contributed by atoms with Crippen LogP contribution in [0.4, 0.5) is 0 Å². The Morgan fingerprint density at radius 3 is 2.53 bits per heavy atom. The van der Waals surface area contributed by atoms with Crippen LogP contribution >= 0.6 is 0 Å². The minimum absolute atomic E-state index is 0.615. The van der Waals surface area contributed by atoms with Crippen LogP contribution in [0.15, 0.2) is 18.2 Å². The van der Waals surface area contributed by atoms with Gasteiger partial charge in [0.25, 0.3) is 0 Å². The summed E-state index contributed by atoms with van der Waals surface area (Å²) in [6.07, 6.45) is 2.23. The molecule has 0 saturated heterocycles. The van der Waals surface area contributed by atoms with Gasteiger partial charge < -0.3 is 5.11 Å². The molecular weight excluding hydrogens is 212 g/mol. The maximum Gasteiger partial charge on any atom is 0.309 e. The van der Waals surface area contributed by atoms with Gasteiger partial charge in [0.2, 0.25) is 0 Å². The molecule has 0 aliphatic rings. The molecule has 1 unspecified atom stereocenters. The summed E-state index contributed by atoms with van der Waals surface area (Å²) in [4.78, 5) is 11.4. The molecule has 17 heavy (non-hydrogen) atoms. The highest BCUT2D eigenvalue weighted by Gasteiger charge is 2.32. The quantitative estimate of drug-likeness (QED) is 0.842. The number of benzene rings is 1. The molecule has 94 valence electrons. The predicted octanol–water partition coefficient (Wildman–Crippen LogP) is 3.74. The van der Waals surface area contributed by atoms with Crippen molar-refractivity contribution in [3.05, 3.63) is 34.9 Å². The Morgan fingerprint density at radius 2 is 2.00 bits per heavy atom. The first-order valence-corrected chi connectivity index (χ1v) is 6.18. The lowest BCUT2D eigenvalue weighted by atomic mass is 9.78. The highest BCUT2D eigenvalue weighted by Crippen LogP contribution is 2.30. The molecule has 1 rings (SSSR count). The summed E-state index contributed by atoms with van der Waals surface area (Å²) in [6, 6.07) is 6.24. The van der Waals surface area contributed by atoms with Crippen molar-refractivity contribution < 1.29 is 9.90 Å². The lowest BCUT2D eigenvalue weighted by Crippen LogP contribution is -2.30. The number of rotatable bonds is 5. The number of carboxylic acid groups (broad SMARTS) is 1. The molecule has 0 radical (unpaired) electrons. The third kappa shape index (κ3) is 3.32. The number of hydrogen-bond acceptors (Lipinski definition) is 1. The van der Waals surface area contributed by atoms with E-state index >= 15 is 0 Å². The molecule has 2 nitrogen and oxygen atoms in total. The zero-order chi connectivity index (χ0) is 13.1. The van der Waals surface area contributed by atoms with Crippen molar-refractivity contribution in [3.8, 4) is 0 Å². The van der Waals surface area contributed by atoms with Crippen LogP contribution in [0.3, 0.4) is 0 Å². The number of aliphatic carboxylic acids is 1. The van der Waals surface area contributed by atoms with E-state index in [9.17, 15) is 9.90 Å². The Bertz CT molecular complexity index is 409. The van der Waals surface area contributed by atoms with Gasteiger partial charge in [-0.2, -0.15) is 0 Å². The molecule has 0 aliphatic carbocycles. The van der Waals surface area contributed by atoms with E-state index < -0.39 is 11.4 Å². The van der Waals surface area contributed by atoms with E-state index in [0.29, 0.717) is 6.42 Å². The lowest BCUT2D eigenvalue weighted by Gasteiger charge is -2.25. The van der Waals surface area contributed by atoms with E-state index in [2.05, 4.69) is 18.2 Å². The molecule has 2 heteroatoms. The first kappa shape index (κ1) is 13.8. The molecular formula is C15H22O2. The summed E-state index contributed by atoms with van der Waals surface area (Å²) in [5.74, 6) is -0.694. The van der Waals surface area contributed by atoms with Gasteiger partial charge in [0.15, 0.2) is 0 Å². The summed E-state index contributed by atoms with van der Waals surface area (Å²) in [6.45, 7) is 7.97. The zero-order valence-corrected chi connectivity index (χ0v) is 11.2. The van der Waals surface area contributed by atoms with Crippen LogP contribution < -0.4 is 0 Å². The largest absolute Gasteiger partial charge is 0.481 e. The van der Waals surface area contributed by atoms with Gasteiger partial charge in [-0.25, -0.2) is 0 Å². The van der Waals surface area contributed by atoms with Gasteiger partial charge in [0, 0.05) is 0 Å². The molecule has 0 saturated carbocycles. The molecule has 0 aliphatic heterocycles. The first-order valence-electron chi connectivity index (χ1n) is 6.18. The van der Waals surface area contributed by atoms with Crippen molar-refractivity contribution in [2.75, 3.05) is 0 Å². The van der Waals surface area contributed by atoms with Gasteiger partial charge in [-0.3, -0.25) is 4.79 Å². The van der Waals surface area contributed by atoms with Crippen LogP contribution in [0, 0.1) is 19.3 Å². The van der Waals surface area contributed by atoms with E-state index in [0.717, 1.165) is 18.4 Å². The van der Waals surface area contributed by atoms with E-state index in [-0.39, 0.29) is 0 Å². The van der Waals surface area contributed by atoms with E-state index in [1.54, 1.807) is 0 Å². The van der Waals surface area contributed by atoms with Crippen molar-refractivity contribution in [1.82, 2.24) is 0 Å². The first-order chi connectivity index (χ1) is 7.89. The van der Waals surface area contributed by atoms with Crippen LogP contribution in [0.1, 0.15) is 43.4 Å². The van der Waals surface area contributed by atoms with Crippen molar-refractivity contribution in [2.24, 2.45) is 5.41 Å². The van der Waals surface area contributed by atoms with Crippen molar-refractivity contribution >= 4 is 5.97 Å². The molecule has 0 amide bonds. The smallest absolute Gasteiger partial charge is 0.309 e. The molecule has 1 N–H and O–H groups in total. The fourth-order valence-corrected chi connectivity index (χ4v) is 2.23. The Kier molecular flexibility index (Phi) is 4.33. The van der Waals surface area contributed by atoms with E-state index in [1.165, 1.54) is 11.1 Å². The van der Waals surface area contributed by atoms with E-state index in [1.807, 2.05) is 27.7 Å². The Morgan fingerprint density at radius 1 is 1.35 bits per heavy atom. The van der Waals surface area contributed by atoms with Crippen LogP contribution in [0.5, 0.6) is 0 Å². The molecule has 0 bridgehead atoms. The van der Waals surface area contributed by atoms with Crippen molar-refractivity contribution in [2.45, 2.75) is 47.0 Å². The van der Waals surface area contributed by atoms with Crippen LogP contribution in [-0.4, -0.2) is 11.1 Å².